The molecule has 2 N–H and O–H groups in total. The number of imide groups is 1. The number of carbonyl (C=O) groups excluding carboxylic acids is 3. The van der Waals surface area contributed by atoms with Gasteiger partial charge in [-0.2, -0.15) is 0 Å². The van der Waals surface area contributed by atoms with E-state index in [1.165, 1.54) is 21.0 Å². The second-order valence-electron chi connectivity index (χ2n) is 5.80. The lowest BCUT2D eigenvalue weighted by Crippen LogP contribution is -2.61. The molecule has 0 aromatic rings. The summed E-state index contributed by atoms with van der Waals surface area (Å²) in [5, 5.41) is 20.5. The molecule has 2 atom stereocenters. The van der Waals surface area contributed by atoms with Gasteiger partial charge in [0.05, 0.1) is 0 Å². The highest BCUT2D eigenvalue weighted by molar-refractivity contribution is 6.04. The summed E-state index contributed by atoms with van der Waals surface area (Å²) < 4.78 is -2.14. The highest BCUT2D eigenvalue weighted by Gasteiger charge is 2.60. The van der Waals surface area contributed by atoms with Gasteiger partial charge in [-0.3, -0.25) is 4.79 Å². The van der Waals surface area contributed by atoms with Gasteiger partial charge in [0.2, 0.25) is 6.34 Å². The van der Waals surface area contributed by atoms with Crippen LogP contribution >= 0.6 is 0 Å². The van der Waals surface area contributed by atoms with E-state index in [0.717, 1.165) is 11.2 Å². The number of unbranched alkanes of at least 4 members (excludes halogenated alkanes) is 1. The third kappa shape index (κ3) is 2.59. The van der Waals surface area contributed by atoms with Crippen molar-refractivity contribution in [2.75, 3.05) is 20.6 Å². The topological polar surface area (TPSA) is 107 Å². The van der Waals surface area contributed by atoms with Crippen molar-refractivity contribution in [1.82, 2.24) is 4.90 Å². The SMILES string of the molecule is CC(=O)CCCCN1C(=O)C2=C(N=C[N+]2(C)O)[N+](C)(O)C1=O. The van der Waals surface area contributed by atoms with Gasteiger partial charge < -0.3 is 4.79 Å². The number of hydrogen-bond donors (Lipinski definition) is 2. The number of Topliss-reactive ketones (excluding diaryl/α,β-unsaturated/α-hetero) is 1. The van der Waals surface area contributed by atoms with Crippen LogP contribution in [0.25, 0.3) is 0 Å². The molecule has 2 heterocycles. The maximum absolute atomic E-state index is 12.5. The highest BCUT2D eigenvalue weighted by atomic mass is 16.6. The molecular weight excluding hydrogens is 292 g/mol. The van der Waals surface area contributed by atoms with Crippen molar-refractivity contribution in [3.8, 4) is 0 Å². The van der Waals surface area contributed by atoms with Crippen molar-refractivity contribution in [3.63, 3.8) is 0 Å². The molecule has 9 heteroatoms. The molecule has 0 fully saturated rings. The van der Waals surface area contributed by atoms with E-state index in [2.05, 4.69) is 4.99 Å². The lowest BCUT2D eigenvalue weighted by molar-refractivity contribution is -1.01. The third-order valence-corrected chi connectivity index (χ3v) is 3.69. The fourth-order valence-corrected chi connectivity index (χ4v) is 2.48. The molecule has 0 aromatic carbocycles. The van der Waals surface area contributed by atoms with Crippen LogP contribution in [-0.4, -0.2) is 69.3 Å². The van der Waals surface area contributed by atoms with Gasteiger partial charge in [0, 0.05) is 13.0 Å². The monoisotopic (exact) mass is 312 g/mol. The Morgan fingerprint density at radius 3 is 2.50 bits per heavy atom. The van der Waals surface area contributed by atoms with E-state index in [0.29, 0.717) is 19.3 Å². The van der Waals surface area contributed by atoms with Crippen molar-refractivity contribution in [1.29, 1.82) is 0 Å². The van der Waals surface area contributed by atoms with Gasteiger partial charge in [-0.25, -0.2) is 20.1 Å². The van der Waals surface area contributed by atoms with Crippen molar-refractivity contribution in [3.05, 3.63) is 11.5 Å². The second-order valence-corrected chi connectivity index (χ2v) is 5.80. The van der Waals surface area contributed by atoms with Gasteiger partial charge in [0.1, 0.15) is 19.9 Å². The Bertz CT molecular complexity index is 606. The van der Waals surface area contributed by atoms with E-state index in [1.807, 2.05) is 0 Å². The van der Waals surface area contributed by atoms with E-state index in [4.69, 9.17) is 0 Å². The van der Waals surface area contributed by atoms with Crippen LogP contribution in [0.5, 0.6) is 0 Å². The van der Waals surface area contributed by atoms with Crippen LogP contribution in [0.1, 0.15) is 26.2 Å². The number of hydroxylamine groups is 6. The summed E-state index contributed by atoms with van der Waals surface area (Å²) in [6.45, 7) is 1.54. The molecule has 0 aliphatic carbocycles. The quantitative estimate of drug-likeness (QED) is 0.439. The van der Waals surface area contributed by atoms with E-state index < -0.39 is 21.2 Å². The molecule has 3 amide bonds. The molecule has 0 spiro atoms. The maximum Gasteiger partial charge on any atom is 0.465 e. The first-order valence-electron chi connectivity index (χ1n) is 6.93. The summed E-state index contributed by atoms with van der Waals surface area (Å²) >= 11 is 0. The van der Waals surface area contributed by atoms with Gasteiger partial charge in [0.25, 0.3) is 0 Å². The number of aliphatic imine (C=N–C) groups is 1. The first-order valence-corrected chi connectivity index (χ1v) is 6.93. The summed E-state index contributed by atoms with van der Waals surface area (Å²) in [5.74, 6) is -0.831. The molecule has 22 heavy (non-hydrogen) atoms. The average Bonchev–Trinajstić information content (AvgIpc) is 2.72. The van der Waals surface area contributed by atoms with Crippen LogP contribution < -0.4 is 0 Å². The molecule has 0 radical (unpaired) electrons. The molecule has 2 aliphatic rings. The van der Waals surface area contributed by atoms with Crippen molar-refractivity contribution >= 4 is 24.1 Å². The molecule has 120 valence electrons. The lowest BCUT2D eigenvalue weighted by atomic mass is 10.1. The van der Waals surface area contributed by atoms with Crippen LogP contribution in [0.15, 0.2) is 16.5 Å². The largest absolute Gasteiger partial charge is 0.465 e. The average molecular weight is 312 g/mol. The fraction of sp³-hybridized carbons (Fsp3) is 0.538. The second kappa shape index (κ2) is 5.36. The Balaban J connectivity index is 2.23. The number of quaternary nitrogens is 2. The molecule has 9 nitrogen and oxygen atoms in total. The Kier molecular flexibility index (Phi) is 4.00. The van der Waals surface area contributed by atoms with E-state index in [-0.39, 0.29) is 23.8 Å². The number of likely N-dealkylation sites (N-methyl/N-ethyl adjacent to an activating group) is 1. The van der Waals surface area contributed by atoms with Crippen molar-refractivity contribution in [2.45, 2.75) is 26.2 Å². The first kappa shape index (κ1) is 16.4. The normalized spacial score (nSPS) is 31.0. The lowest BCUT2D eigenvalue weighted by Gasteiger charge is -2.32. The summed E-state index contributed by atoms with van der Waals surface area (Å²) in [6, 6.07) is -0.828. The summed E-state index contributed by atoms with van der Waals surface area (Å²) in [5.41, 5.74) is -0.156. The van der Waals surface area contributed by atoms with Crippen LogP contribution in [0.4, 0.5) is 4.79 Å². The molecular formula is C13H20N4O5+2. The van der Waals surface area contributed by atoms with Crippen LogP contribution in [-0.2, 0) is 9.59 Å². The number of carbonyl (C=O) groups is 3. The van der Waals surface area contributed by atoms with Gasteiger partial charge in [-0.1, -0.05) is 4.65 Å². The highest BCUT2D eigenvalue weighted by Crippen LogP contribution is 2.34. The summed E-state index contributed by atoms with van der Waals surface area (Å²) in [7, 11) is 2.50. The predicted octanol–water partition coefficient (Wildman–Crippen LogP) is 0.591. The number of ketones is 1. The fourth-order valence-electron chi connectivity index (χ4n) is 2.48. The zero-order valence-electron chi connectivity index (χ0n) is 12.8. The zero-order valence-corrected chi connectivity index (χ0v) is 12.8. The van der Waals surface area contributed by atoms with Crippen molar-refractivity contribution in [2.24, 2.45) is 4.99 Å². The Morgan fingerprint density at radius 1 is 1.27 bits per heavy atom. The summed E-state index contributed by atoms with van der Waals surface area (Å²) in [6.07, 6.45) is 2.42. The van der Waals surface area contributed by atoms with Gasteiger partial charge in [-0.15, -0.1) is 4.99 Å². The van der Waals surface area contributed by atoms with E-state index in [1.54, 1.807) is 0 Å². The minimum Gasteiger partial charge on any atom is -0.300 e. The van der Waals surface area contributed by atoms with Crippen LogP contribution in [0, 0.1) is 0 Å². The van der Waals surface area contributed by atoms with E-state index in [9.17, 15) is 24.8 Å². The maximum atomic E-state index is 12.5. The Morgan fingerprint density at radius 2 is 1.91 bits per heavy atom. The Hall–Kier alpha value is -1.94. The van der Waals surface area contributed by atoms with Gasteiger partial charge in [-0.05, 0) is 24.4 Å². The molecule has 0 saturated heterocycles. The minimum atomic E-state index is -1.22. The number of amides is 3. The minimum absolute atomic E-state index is 0.0351. The number of hydrogen-bond acceptors (Lipinski definition) is 6. The number of rotatable bonds is 5. The van der Waals surface area contributed by atoms with Gasteiger partial charge >= 0.3 is 23.5 Å². The number of nitrogens with zero attached hydrogens (tertiary/aromatic N) is 4. The standard InChI is InChI=1S/C13H20N4O5/c1-9(18)6-4-5-7-15-12(19)10-11(14-8-16(10,2)21)17(3,22)13(15)20/h8,21-22H,4-7H2,1-3H3/q+2. The molecule has 2 rings (SSSR count). The van der Waals surface area contributed by atoms with Crippen molar-refractivity contribution < 1.29 is 34.1 Å². The first-order chi connectivity index (χ1) is 10.1. The predicted molar refractivity (Wildman–Crippen MR) is 73.1 cm³/mol. The zero-order chi connectivity index (χ0) is 16.7. The third-order valence-electron chi connectivity index (χ3n) is 3.69. The summed E-state index contributed by atoms with van der Waals surface area (Å²) in [4.78, 5) is 40.4. The molecule has 0 saturated carbocycles. The van der Waals surface area contributed by atoms with E-state index >= 15 is 0 Å². The Labute approximate surface area is 127 Å². The molecule has 0 bridgehead atoms. The number of urea groups is 1. The molecule has 2 aliphatic heterocycles. The smallest absolute Gasteiger partial charge is 0.300 e. The van der Waals surface area contributed by atoms with Gasteiger partial charge in [0.15, 0.2) is 0 Å². The van der Waals surface area contributed by atoms with Crippen LogP contribution in [0.2, 0.25) is 0 Å². The molecule has 0 aromatic heterocycles. The molecule has 2 unspecified atom stereocenters. The van der Waals surface area contributed by atoms with Crippen LogP contribution in [0.3, 0.4) is 0 Å².